The number of hydrogen-bond acceptors (Lipinski definition) is 4. The fourth-order valence-electron chi connectivity index (χ4n) is 1.53. The van der Waals surface area contributed by atoms with Gasteiger partial charge in [-0.25, -0.2) is 0 Å². The summed E-state index contributed by atoms with van der Waals surface area (Å²) < 4.78 is 4.92. The van der Waals surface area contributed by atoms with Crippen LogP contribution in [0.4, 0.5) is 0 Å². The summed E-state index contributed by atoms with van der Waals surface area (Å²) in [6.45, 7) is 1.31. The monoisotopic (exact) mass is 265 g/mol. The Morgan fingerprint density at radius 2 is 1.95 bits per heavy atom. The lowest BCUT2D eigenvalue weighted by molar-refractivity contribution is 0.0951. The Morgan fingerprint density at radius 3 is 2.53 bits per heavy atom. The number of unbranched alkanes of at least 4 members (excludes halogenated alkanes) is 1. The highest BCUT2D eigenvalue weighted by molar-refractivity contribution is 5.99. The molecular formula is C13H19N3O3. The maximum absolute atomic E-state index is 11.8. The van der Waals surface area contributed by atoms with Crippen molar-refractivity contribution in [3.8, 4) is 0 Å². The number of methoxy groups -OCH3 is 1. The molecule has 0 aliphatic carbocycles. The van der Waals surface area contributed by atoms with Crippen LogP contribution in [0.5, 0.6) is 0 Å². The maximum Gasteiger partial charge on any atom is 0.251 e. The van der Waals surface area contributed by atoms with E-state index in [9.17, 15) is 4.79 Å². The van der Waals surface area contributed by atoms with Crippen LogP contribution in [0.15, 0.2) is 29.4 Å². The van der Waals surface area contributed by atoms with Gasteiger partial charge in [0.05, 0.1) is 0 Å². The van der Waals surface area contributed by atoms with Crippen LogP contribution >= 0.6 is 0 Å². The molecule has 0 saturated carbocycles. The normalized spacial score (nSPS) is 11.3. The van der Waals surface area contributed by atoms with Crippen molar-refractivity contribution in [2.45, 2.75) is 12.8 Å². The van der Waals surface area contributed by atoms with Crippen LogP contribution in [0.3, 0.4) is 0 Å². The molecule has 1 amide bonds. The third-order valence-electron chi connectivity index (χ3n) is 2.61. The number of carbonyl (C=O) groups excluding carboxylic acids is 1. The van der Waals surface area contributed by atoms with E-state index in [1.54, 1.807) is 31.4 Å². The van der Waals surface area contributed by atoms with Crippen molar-refractivity contribution in [2.24, 2.45) is 10.9 Å². The van der Waals surface area contributed by atoms with Gasteiger partial charge in [-0.05, 0) is 25.0 Å². The van der Waals surface area contributed by atoms with Crippen molar-refractivity contribution in [1.82, 2.24) is 5.32 Å². The SMILES string of the molecule is COCCCCNC(=O)c1ccc(C(N)=NO)cc1. The molecule has 1 aromatic carbocycles. The first-order valence-electron chi connectivity index (χ1n) is 6.04. The lowest BCUT2D eigenvalue weighted by Gasteiger charge is -2.05. The molecule has 6 heteroatoms. The molecule has 0 radical (unpaired) electrons. The van der Waals surface area contributed by atoms with E-state index >= 15 is 0 Å². The minimum absolute atomic E-state index is 0.0199. The highest BCUT2D eigenvalue weighted by Gasteiger charge is 2.05. The second kappa shape index (κ2) is 8.10. The Kier molecular flexibility index (Phi) is 6.38. The zero-order chi connectivity index (χ0) is 14.1. The van der Waals surface area contributed by atoms with E-state index in [0.29, 0.717) is 24.3 Å². The molecular weight excluding hydrogens is 246 g/mol. The average Bonchev–Trinajstić information content (AvgIpc) is 2.46. The summed E-state index contributed by atoms with van der Waals surface area (Å²) in [6.07, 6.45) is 1.79. The Hall–Kier alpha value is -2.08. The number of benzene rings is 1. The van der Waals surface area contributed by atoms with Crippen LogP contribution in [-0.4, -0.2) is 37.2 Å². The molecule has 0 aliphatic heterocycles. The molecule has 0 fully saturated rings. The average molecular weight is 265 g/mol. The Bertz CT molecular complexity index is 429. The largest absolute Gasteiger partial charge is 0.409 e. The van der Waals surface area contributed by atoms with Crippen LogP contribution < -0.4 is 11.1 Å². The van der Waals surface area contributed by atoms with Gasteiger partial charge in [0, 0.05) is 31.4 Å². The Morgan fingerprint density at radius 1 is 1.32 bits per heavy atom. The van der Waals surface area contributed by atoms with E-state index in [1.807, 2.05) is 0 Å². The molecule has 6 nitrogen and oxygen atoms in total. The van der Waals surface area contributed by atoms with Crippen molar-refractivity contribution in [3.63, 3.8) is 0 Å². The highest BCUT2D eigenvalue weighted by Crippen LogP contribution is 2.04. The van der Waals surface area contributed by atoms with Crippen molar-refractivity contribution >= 4 is 11.7 Å². The number of ether oxygens (including phenoxy) is 1. The van der Waals surface area contributed by atoms with Crippen LogP contribution in [-0.2, 0) is 4.74 Å². The third kappa shape index (κ3) is 4.97. The van der Waals surface area contributed by atoms with Gasteiger partial charge in [0.1, 0.15) is 0 Å². The van der Waals surface area contributed by atoms with Gasteiger partial charge >= 0.3 is 0 Å². The molecule has 1 rings (SSSR count). The first-order valence-corrected chi connectivity index (χ1v) is 6.04. The van der Waals surface area contributed by atoms with E-state index in [2.05, 4.69) is 10.5 Å². The zero-order valence-corrected chi connectivity index (χ0v) is 10.9. The molecule has 0 spiro atoms. The number of nitrogens with one attached hydrogen (secondary N) is 1. The standard InChI is InChI=1S/C13H19N3O3/c1-19-9-3-2-8-15-13(17)11-6-4-10(5-7-11)12(14)16-18/h4-7,18H,2-3,8-9H2,1H3,(H2,14,16)(H,15,17). The van der Waals surface area contributed by atoms with Gasteiger partial charge in [0.25, 0.3) is 5.91 Å². The van der Waals surface area contributed by atoms with Gasteiger partial charge in [0.2, 0.25) is 0 Å². The lowest BCUT2D eigenvalue weighted by atomic mass is 10.1. The lowest BCUT2D eigenvalue weighted by Crippen LogP contribution is -2.24. The minimum Gasteiger partial charge on any atom is -0.409 e. The quantitative estimate of drug-likeness (QED) is 0.225. The minimum atomic E-state index is -0.136. The second-order valence-electron chi connectivity index (χ2n) is 4.02. The number of oxime groups is 1. The number of amidine groups is 1. The zero-order valence-electron chi connectivity index (χ0n) is 10.9. The van der Waals surface area contributed by atoms with Crippen molar-refractivity contribution in [3.05, 3.63) is 35.4 Å². The molecule has 0 aromatic heterocycles. The molecule has 0 bridgehead atoms. The number of nitrogens with zero attached hydrogens (tertiary/aromatic N) is 1. The number of rotatable bonds is 7. The summed E-state index contributed by atoms with van der Waals surface area (Å²) in [6, 6.07) is 6.54. The molecule has 1 aromatic rings. The predicted octanol–water partition coefficient (Wildman–Crippen LogP) is 0.938. The summed E-state index contributed by atoms with van der Waals surface area (Å²) >= 11 is 0. The van der Waals surface area contributed by atoms with E-state index in [4.69, 9.17) is 15.7 Å². The number of hydrogen-bond donors (Lipinski definition) is 3. The van der Waals surface area contributed by atoms with E-state index in [0.717, 1.165) is 12.8 Å². The summed E-state index contributed by atoms with van der Waals surface area (Å²) in [4.78, 5) is 11.8. The van der Waals surface area contributed by atoms with Gasteiger partial charge in [-0.15, -0.1) is 0 Å². The molecule has 19 heavy (non-hydrogen) atoms. The number of carbonyl (C=O) groups is 1. The van der Waals surface area contributed by atoms with Crippen LogP contribution in [0.1, 0.15) is 28.8 Å². The molecule has 104 valence electrons. The summed E-state index contributed by atoms with van der Waals surface area (Å²) in [5.41, 5.74) is 6.55. The topological polar surface area (TPSA) is 96.9 Å². The van der Waals surface area contributed by atoms with Crippen LogP contribution in [0, 0.1) is 0 Å². The van der Waals surface area contributed by atoms with Crippen LogP contribution in [0.2, 0.25) is 0 Å². The molecule has 0 aliphatic rings. The number of amides is 1. The fourth-order valence-corrected chi connectivity index (χ4v) is 1.53. The Balaban J connectivity index is 2.45. The summed E-state index contributed by atoms with van der Waals surface area (Å²) in [5, 5.41) is 14.2. The van der Waals surface area contributed by atoms with Gasteiger partial charge in [-0.2, -0.15) is 0 Å². The van der Waals surface area contributed by atoms with Gasteiger partial charge in [0.15, 0.2) is 5.84 Å². The smallest absolute Gasteiger partial charge is 0.251 e. The van der Waals surface area contributed by atoms with Crippen molar-refractivity contribution in [2.75, 3.05) is 20.3 Å². The van der Waals surface area contributed by atoms with Gasteiger partial charge in [-0.1, -0.05) is 17.3 Å². The van der Waals surface area contributed by atoms with E-state index in [-0.39, 0.29) is 11.7 Å². The molecule has 4 N–H and O–H groups in total. The second-order valence-corrected chi connectivity index (χ2v) is 4.02. The summed E-state index contributed by atoms with van der Waals surface area (Å²) in [7, 11) is 1.65. The van der Waals surface area contributed by atoms with E-state index < -0.39 is 0 Å². The molecule has 0 unspecified atom stereocenters. The first kappa shape index (κ1) is 15.0. The molecule has 0 saturated heterocycles. The molecule has 0 heterocycles. The summed E-state index contributed by atoms with van der Waals surface area (Å²) in [5.74, 6) is -0.116. The van der Waals surface area contributed by atoms with Gasteiger partial charge < -0.3 is 21.0 Å². The number of nitrogens with two attached hydrogens (primary N) is 1. The first-order chi connectivity index (χ1) is 9.19. The molecule has 0 atom stereocenters. The van der Waals surface area contributed by atoms with E-state index in [1.165, 1.54) is 0 Å². The van der Waals surface area contributed by atoms with Crippen molar-refractivity contribution in [1.29, 1.82) is 0 Å². The van der Waals surface area contributed by atoms with Gasteiger partial charge in [-0.3, -0.25) is 4.79 Å². The highest BCUT2D eigenvalue weighted by atomic mass is 16.5. The third-order valence-corrected chi connectivity index (χ3v) is 2.61. The maximum atomic E-state index is 11.8. The van der Waals surface area contributed by atoms with Crippen LogP contribution in [0.25, 0.3) is 0 Å². The van der Waals surface area contributed by atoms with Crippen molar-refractivity contribution < 1.29 is 14.7 Å². The Labute approximate surface area is 112 Å². The predicted molar refractivity (Wildman–Crippen MR) is 72.4 cm³/mol. The fraction of sp³-hybridized carbons (Fsp3) is 0.385.